The Morgan fingerprint density at radius 2 is 1.78 bits per heavy atom. The lowest BCUT2D eigenvalue weighted by atomic mass is 9.98. The van der Waals surface area contributed by atoms with E-state index < -0.39 is 48.9 Å². The average Bonchev–Trinajstić information content (AvgIpc) is 3.11. The summed E-state index contributed by atoms with van der Waals surface area (Å²) in [6.07, 6.45) is -5.68. The van der Waals surface area contributed by atoms with Crippen LogP contribution in [0.5, 0.6) is 5.75 Å². The van der Waals surface area contributed by atoms with Crippen LogP contribution in [0.4, 0.5) is 8.78 Å². The zero-order chi connectivity index (χ0) is 23.2. The summed E-state index contributed by atoms with van der Waals surface area (Å²) in [5, 5.41) is 40.5. The van der Waals surface area contributed by atoms with Crippen molar-refractivity contribution < 1.29 is 38.7 Å². The van der Waals surface area contributed by atoms with Crippen molar-refractivity contribution in [1.82, 2.24) is 4.57 Å². The van der Waals surface area contributed by atoms with Crippen LogP contribution in [0.15, 0.2) is 36.5 Å². The number of hydrogen-bond acceptors (Lipinski definition) is 6. The minimum Gasteiger partial charge on any atom is -0.497 e. The van der Waals surface area contributed by atoms with E-state index in [9.17, 15) is 29.2 Å². The second kappa shape index (κ2) is 8.93. The Bertz CT molecular complexity index is 1140. The van der Waals surface area contributed by atoms with Gasteiger partial charge in [0.1, 0.15) is 41.8 Å². The first kappa shape index (κ1) is 22.9. The highest BCUT2D eigenvalue weighted by molar-refractivity contribution is 6.31. The molecule has 4 N–H and O–H groups in total. The maximum absolute atomic E-state index is 14.9. The summed E-state index contributed by atoms with van der Waals surface area (Å²) in [6, 6.07) is 6.91. The van der Waals surface area contributed by atoms with Crippen molar-refractivity contribution in [2.45, 2.75) is 37.1 Å². The predicted molar refractivity (Wildman–Crippen MR) is 112 cm³/mol. The molecule has 4 rings (SSSR count). The quantitative estimate of drug-likeness (QED) is 0.456. The number of aliphatic hydroxyl groups excluding tert-OH is 4. The van der Waals surface area contributed by atoms with Gasteiger partial charge in [0.25, 0.3) is 0 Å². The van der Waals surface area contributed by atoms with Gasteiger partial charge in [0.15, 0.2) is 6.23 Å². The Balaban J connectivity index is 1.83. The van der Waals surface area contributed by atoms with Crippen molar-refractivity contribution >= 4 is 22.5 Å². The van der Waals surface area contributed by atoms with Crippen LogP contribution in [0.1, 0.15) is 17.4 Å². The number of hydrogen-bond donors (Lipinski definition) is 4. The smallest absolute Gasteiger partial charge is 0.163 e. The molecule has 1 aliphatic rings. The molecule has 7 nitrogen and oxygen atoms in total. The van der Waals surface area contributed by atoms with Crippen LogP contribution in [0.3, 0.4) is 0 Å². The van der Waals surface area contributed by atoms with Gasteiger partial charge in [-0.3, -0.25) is 0 Å². The minimum atomic E-state index is -1.62. The SMILES string of the molecule is COc1ccc(Cc2cn([C@@H]3O[C@H](CO)[C@@H](O)[C@H](O)[C@H]3O)c3cc(Cl)cc(F)c23)c(F)c1. The van der Waals surface area contributed by atoms with Gasteiger partial charge in [-0.2, -0.15) is 0 Å². The lowest BCUT2D eigenvalue weighted by Crippen LogP contribution is -2.56. The first-order valence-corrected chi connectivity index (χ1v) is 10.2. The van der Waals surface area contributed by atoms with Gasteiger partial charge in [-0.25, -0.2) is 8.78 Å². The molecule has 1 saturated heterocycles. The van der Waals surface area contributed by atoms with E-state index in [1.165, 1.54) is 36.1 Å². The summed E-state index contributed by atoms with van der Waals surface area (Å²) < 4.78 is 41.5. The number of benzene rings is 2. The fourth-order valence-corrected chi connectivity index (χ4v) is 4.24. The summed E-state index contributed by atoms with van der Waals surface area (Å²) >= 11 is 6.05. The number of aliphatic hydroxyl groups is 4. The molecule has 2 heterocycles. The summed E-state index contributed by atoms with van der Waals surface area (Å²) in [5.74, 6) is -0.847. The normalized spacial score (nSPS) is 25.9. The van der Waals surface area contributed by atoms with Crippen molar-refractivity contribution in [1.29, 1.82) is 0 Å². The van der Waals surface area contributed by atoms with Crippen molar-refractivity contribution in [3.8, 4) is 5.75 Å². The number of rotatable bonds is 5. The lowest BCUT2D eigenvalue weighted by molar-refractivity contribution is -0.250. The molecule has 0 unspecified atom stereocenters. The first-order valence-electron chi connectivity index (χ1n) is 9.86. The largest absolute Gasteiger partial charge is 0.497 e. The molecule has 0 saturated carbocycles. The molecule has 1 aromatic heterocycles. The van der Waals surface area contributed by atoms with Crippen molar-refractivity contribution in [2.75, 3.05) is 13.7 Å². The Hall–Kier alpha value is -2.27. The Morgan fingerprint density at radius 1 is 1.03 bits per heavy atom. The number of methoxy groups -OCH3 is 1. The van der Waals surface area contributed by atoms with Crippen LogP contribution >= 0.6 is 11.6 Å². The van der Waals surface area contributed by atoms with Crippen LogP contribution < -0.4 is 4.74 Å². The van der Waals surface area contributed by atoms with Gasteiger partial charge >= 0.3 is 0 Å². The summed E-state index contributed by atoms with van der Waals surface area (Å²) in [4.78, 5) is 0. The van der Waals surface area contributed by atoms with Gasteiger partial charge in [0.05, 0.1) is 19.2 Å². The van der Waals surface area contributed by atoms with E-state index in [2.05, 4.69) is 0 Å². The Labute approximate surface area is 187 Å². The van der Waals surface area contributed by atoms with Gasteiger partial charge in [-0.1, -0.05) is 17.7 Å². The topological polar surface area (TPSA) is 104 Å². The highest BCUT2D eigenvalue weighted by Crippen LogP contribution is 2.36. The number of nitrogens with zero attached hydrogens (tertiary/aromatic N) is 1. The van der Waals surface area contributed by atoms with E-state index in [0.29, 0.717) is 11.3 Å². The van der Waals surface area contributed by atoms with E-state index in [1.807, 2.05) is 0 Å². The molecule has 32 heavy (non-hydrogen) atoms. The van der Waals surface area contributed by atoms with Gasteiger partial charge < -0.3 is 34.5 Å². The van der Waals surface area contributed by atoms with Gasteiger partial charge in [0, 0.05) is 29.1 Å². The summed E-state index contributed by atoms with van der Waals surface area (Å²) in [6.45, 7) is -0.611. The highest BCUT2D eigenvalue weighted by Gasteiger charge is 2.44. The third-order valence-corrected chi connectivity index (χ3v) is 5.93. The molecule has 0 amide bonds. The predicted octanol–water partition coefficient (Wildman–Crippen LogP) is 2.14. The third kappa shape index (κ3) is 3.96. The number of ether oxygens (including phenoxy) is 2. The standard InChI is InChI=1S/C22H22ClF2NO6/c1-31-13-3-2-10(14(24)7-13)4-11-8-26(16-6-12(23)5-15(25)18(11)16)22-21(30)20(29)19(28)17(9-27)32-22/h2-3,5-8,17,19-22,27-30H,4,9H2,1H3/t17-,19-,20+,21-,22-/m1/s1. The molecule has 10 heteroatoms. The van der Waals surface area contributed by atoms with E-state index in [-0.39, 0.29) is 27.9 Å². The molecule has 0 spiro atoms. The zero-order valence-electron chi connectivity index (χ0n) is 17.0. The van der Waals surface area contributed by atoms with Crippen molar-refractivity contribution in [2.24, 2.45) is 0 Å². The first-order chi connectivity index (χ1) is 15.2. The van der Waals surface area contributed by atoms with Crippen LogP contribution in [0.2, 0.25) is 5.02 Å². The molecule has 5 atom stereocenters. The van der Waals surface area contributed by atoms with E-state index >= 15 is 0 Å². The van der Waals surface area contributed by atoms with Crippen molar-refractivity contribution in [3.05, 3.63) is 64.3 Å². The monoisotopic (exact) mass is 469 g/mol. The fraction of sp³-hybridized carbons (Fsp3) is 0.364. The van der Waals surface area contributed by atoms with Crippen LogP contribution in [-0.2, 0) is 11.2 Å². The van der Waals surface area contributed by atoms with E-state index in [4.69, 9.17) is 21.1 Å². The van der Waals surface area contributed by atoms with Crippen LogP contribution in [0, 0.1) is 11.6 Å². The van der Waals surface area contributed by atoms with E-state index in [1.54, 1.807) is 6.07 Å². The van der Waals surface area contributed by atoms with Gasteiger partial charge in [-0.15, -0.1) is 0 Å². The molecular formula is C22H22ClF2NO6. The Kier molecular flexibility index (Phi) is 6.39. The molecular weight excluding hydrogens is 448 g/mol. The second-order valence-corrected chi connectivity index (χ2v) is 8.13. The second-order valence-electron chi connectivity index (χ2n) is 7.70. The Morgan fingerprint density at radius 3 is 2.44 bits per heavy atom. The molecule has 172 valence electrons. The molecule has 1 fully saturated rings. The van der Waals surface area contributed by atoms with Crippen LogP contribution in [-0.4, -0.2) is 63.1 Å². The molecule has 1 aliphatic heterocycles. The maximum atomic E-state index is 14.9. The summed E-state index contributed by atoms with van der Waals surface area (Å²) in [5.41, 5.74) is 0.909. The third-order valence-electron chi connectivity index (χ3n) is 5.71. The maximum Gasteiger partial charge on any atom is 0.163 e. The lowest BCUT2D eigenvalue weighted by Gasteiger charge is -2.40. The number of aromatic nitrogens is 1. The number of fused-ring (bicyclic) bond motifs is 1. The molecule has 0 aliphatic carbocycles. The van der Waals surface area contributed by atoms with Crippen LogP contribution in [0.25, 0.3) is 10.9 Å². The molecule has 0 bridgehead atoms. The molecule has 3 aromatic rings. The highest BCUT2D eigenvalue weighted by atomic mass is 35.5. The fourth-order valence-electron chi connectivity index (χ4n) is 4.04. The molecule has 2 aromatic carbocycles. The molecule has 0 radical (unpaired) electrons. The average molecular weight is 470 g/mol. The van der Waals surface area contributed by atoms with Gasteiger partial charge in [0.2, 0.25) is 0 Å². The minimum absolute atomic E-state index is 0.00923. The zero-order valence-corrected chi connectivity index (χ0v) is 17.7. The number of halogens is 3. The van der Waals surface area contributed by atoms with Crippen molar-refractivity contribution in [3.63, 3.8) is 0 Å². The van der Waals surface area contributed by atoms with E-state index in [0.717, 1.165) is 6.07 Å². The van der Waals surface area contributed by atoms with Gasteiger partial charge in [-0.05, 0) is 29.3 Å². The summed E-state index contributed by atoms with van der Waals surface area (Å²) in [7, 11) is 1.42.